The molecule has 1 fully saturated rings. The van der Waals surface area contributed by atoms with Crippen molar-refractivity contribution < 1.29 is 19.1 Å². The largest absolute Gasteiger partial charge is 0.469 e. The second kappa shape index (κ2) is 5.26. The average Bonchev–Trinajstić information content (AvgIpc) is 2.93. The monoisotopic (exact) mass is 214 g/mol. The molecule has 15 heavy (non-hydrogen) atoms. The summed E-state index contributed by atoms with van der Waals surface area (Å²) < 4.78 is 10.3. The van der Waals surface area contributed by atoms with Crippen LogP contribution in [0.2, 0.25) is 0 Å². The zero-order chi connectivity index (χ0) is 11.3. The molecular weight excluding hydrogens is 196 g/mol. The molecule has 0 bridgehead atoms. The van der Waals surface area contributed by atoms with E-state index in [1.54, 1.807) is 0 Å². The lowest BCUT2D eigenvalue weighted by Crippen LogP contribution is -2.22. The van der Waals surface area contributed by atoms with E-state index in [1.165, 1.54) is 7.11 Å². The second-order valence-electron chi connectivity index (χ2n) is 3.84. The van der Waals surface area contributed by atoms with Crippen LogP contribution in [-0.4, -0.2) is 31.6 Å². The first-order chi connectivity index (χ1) is 7.20. The van der Waals surface area contributed by atoms with Crippen molar-refractivity contribution in [3.8, 4) is 0 Å². The summed E-state index contributed by atoms with van der Waals surface area (Å²) in [5, 5.41) is 0. The van der Waals surface area contributed by atoms with Gasteiger partial charge in [-0.1, -0.05) is 0 Å². The Hall–Kier alpha value is -0.900. The number of hydrogen-bond acceptors (Lipinski definition) is 4. The van der Waals surface area contributed by atoms with Gasteiger partial charge in [0.15, 0.2) is 0 Å². The van der Waals surface area contributed by atoms with Crippen molar-refractivity contribution in [1.29, 1.82) is 0 Å². The van der Waals surface area contributed by atoms with E-state index in [1.807, 2.05) is 6.92 Å². The van der Waals surface area contributed by atoms with Crippen molar-refractivity contribution in [2.45, 2.75) is 38.2 Å². The predicted octanol–water partition coefficient (Wildman–Crippen LogP) is 1.32. The van der Waals surface area contributed by atoms with E-state index in [0.29, 0.717) is 13.0 Å². The van der Waals surface area contributed by atoms with Gasteiger partial charge in [0.05, 0.1) is 18.6 Å². The first-order valence-corrected chi connectivity index (χ1v) is 5.35. The minimum atomic E-state index is -0.342. The van der Waals surface area contributed by atoms with Crippen molar-refractivity contribution >= 4 is 12.3 Å². The number of aldehydes is 1. The Kier molecular flexibility index (Phi) is 4.27. The molecule has 86 valence electrons. The van der Waals surface area contributed by atoms with Gasteiger partial charge in [0.1, 0.15) is 6.29 Å². The van der Waals surface area contributed by atoms with Crippen LogP contribution in [0, 0.1) is 5.92 Å². The van der Waals surface area contributed by atoms with E-state index >= 15 is 0 Å². The molecule has 0 radical (unpaired) electrons. The maximum absolute atomic E-state index is 11.3. The number of hydrogen-bond donors (Lipinski definition) is 0. The fraction of sp³-hybridized carbons (Fsp3) is 0.818. The molecule has 0 aromatic heterocycles. The van der Waals surface area contributed by atoms with E-state index in [9.17, 15) is 9.59 Å². The zero-order valence-electron chi connectivity index (χ0n) is 9.32. The number of carbonyl (C=O) groups excluding carboxylic acids is 2. The molecule has 1 aliphatic carbocycles. The molecule has 0 saturated heterocycles. The first-order valence-electron chi connectivity index (χ1n) is 5.35. The van der Waals surface area contributed by atoms with Crippen LogP contribution in [0.4, 0.5) is 0 Å². The van der Waals surface area contributed by atoms with Crippen molar-refractivity contribution in [1.82, 2.24) is 0 Å². The number of unbranched alkanes of at least 4 members (excludes halogenated alkanes) is 1. The minimum Gasteiger partial charge on any atom is -0.469 e. The summed E-state index contributed by atoms with van der Waals surface area (Å²) in [5.74, 6) is -0.330. The predicted molar refractivity (Wildman–Crippen MR) is 54.4 cm³/mol. The van der Waals surface area contributed by atoms with Gasteiger partial charge in [0, 0.05) is 13.0 Å². The van der Waals surface area contributed by atoms with Crippen LogP contribution in [0.3, 0.4) is 0 Å². The maximum atomic E-state index is 11.3. The molecule has 0 aliphatic heterocycles. The smallest absolute Gasteiger partial charge is 0.311 e. The average molecular weight is 214 g/mol. The molecule has 0 aromatic carbocycles. The number of esters is 1. The molecule has 0 heterocycles. The Morgan fingerprint density at radius 3 is 2.87 bits per heavy atom. The van der Waals surface area contributed by atoms with Gasteiger partial charge in [-0.15, -0.1) is 0 Å². The SMILES string of the molecule is CCO[C@@]1(CCCC=O)C[C@@H]1C(=O)OC. The van der Waals surface area contributed by atoms with Crippen molar-refractivity contribution in [2.75, 3.05) is 13.7 Å². The van der Waals surface area contributed by atoms with Crippen LogP contribution in [0.5, 0.6) is 0 Å². The van der Waals surface area contributed by atoms with Gasteiger partial charge in [-0.05, 0) is 26.2 Å². The van der Waals surface area contributed by atoms with E-state index < -0.39 is 0 Å². The third-order valence-electron chi connectivity index (χ3n) is 2.86. The normalized spacial score (nSPS) is 28.5. The quantitative estimate of drug-likeness (QED) is 0.364. The summed E-state index contributed by atoms with van der Waals surface area (Å²) in [6, 6.07) is 0. The standard InChI is InChI=1S/C11H18O4/c1-3-15-11(6-4-5-7-12)8-9(11)10(13)14-2/h7,9H,3-6,8H2,1-2H3/t9-,11+/m1/s1. The molecule has 1 aliphatic rings. The molecule has 4 nitrogen and oxygen atoms in total. The molecule has 0 amide bonds. The van der Waals surface area contributed by atoms with Crippen molar-refractivity contribution in [3.63, 3.8) is 0 Å². The molecule has 1 rings (SSSR count). The molecule has 1 saturated carbocycles. The Balaban J connectivity index is 2.44. The Morgan fingerprint density at radius 2 is 2.33 bits per heavy atom. The zero-order valence-corrected chi connectivity index (χ0v) is 9.32. The lowest BCUT2D eigenvalue weighted by molar-refractivity contribution is -0.144. The van der Waals surface area contributed by atoms with Gasteiger partial charge >= 0.3 is 5.97 Å². The van der Waals surface area contributed by atoms with Crippen molar-refractivity contribution in [3.05, 3.63) is 0 Å². The molecule has 0 spiro atoms. The van der Waals surface area contributed by atoms with Crippen LogP contribution in [0.1, 0.15) is 32.6 Å². The summed E-state index contributed by atoms with van der Waals surface area (Å²) in [4.78, 5) is 21.5. The summed E-state index contributed by atoms with van der Waals surface area (Å²) in [6.45, 7) is 2.50. The topological polar surface area (TPSA) is 52.6 Å². The van der Waals surface area contributed by atoms with Crippen LogP contribution in [-0.2, 0) is 19.1 Å². The maximum Gasteiger partial charge on any atom is 0.311 e. The van der Waals surface area contributed by atoms with Gasteiger partial charge in [-0.3, -0.25) is 4.79 Å². The number of carbonyl (C=O) groups is 2. The highest BCUT2D eigenvalue weighted by Gasteiger charge is 2.59. The van der Waals surface area contributed by atoms with Crippen LogP contribution in [0.15, 0.2) is 0 Å². The van der Waals surface area contributed by atoms with E-state index in [4.69, 9.17) is 9.47 Å². The fourth-order valence-corrected chi connectivity index (χ4v) is 2.01. The number of rotatable bonds is 7. The van der Waals surface area contributed by atoms with Gasteiger partial charge in [0.25, 0.3) is 0 Å². The summed E-state index contributed by atoms with van der Waals surface area (Å²) in [7, 11) is 1.39. The molecule has 2 atom stereocenters. The second-order valence-corrected chi connectivity index (χ2v) is 3.84. The Labute approximate surface area is 89.9 Å². The van der Waals surface area contributed by atoms with E-state index in [0.717, 1.165) is 25.5 Å². The van der Waals surface area contributed by atoms with Crippen LogP contribution >= 0.6 is 0 Å². The van der Waals surface area contributed by atoms with E-state index in [-0.39, 0.29) is 17.5 Å². The van der Waals surface area contributed by atoms with E-state index in [2.05, 4.69) is 0 Å². The molecule has 0 aromatic rings. The van der Waals surface area contributed by atoms with Gasteiger partial charge < -0.3 is 14.3 Å². The highest BCUT2D eigenvalue weighted by molar-refractivity contribution is 5.77. The molecule has 4 heteroatoms. The molecular formula is C11H18O4. The van der Waals surface area contributed by atoms with Crippen LogP contribution < -0.4 is 0 Å². The van der Waals surface area contributed by atoms with Crippen molar-refractivity contribution in [2.24, 2.45) is 5.92 Å². The summed E-state index contributed by atoms with van der Waals surface area (Å²) >= 11 is 0. The first kappa shape index (κ1) is 12.2. The Bertz CT molecular complexity index is 239. The molecule has 0 unspecified atom stereocenters. The highest BCUT2D eigenvalue weighted by atomic mass is 16.5. The lowest BCUT2D eigenvalue weighted by Gasteiger charge is -2.16. The minimum absolute atomic E-state index is 0.130. The molecule has 0 N–H and O–H groups in total. The number of methoxy groups -OCH3 is 1. The van der Waals surface area contributed by atoms with Gasteiger partial charge in [-0.2, -0.15) is 0 Å². The lowest BCUT2D eigenvalue weighted by atomic mass is 10.1. The van der Waals surface area contributed by atoms with Gasteiger partial charge in [0.2, 0.25) is 0 Å². The Morgan fingerprint density at radius 1 is 1.60 bits per heavy atom. The summed E-state index contributed by atoms with van der Waals surface area (Å²) in [6.07, 6.45) is 3.70. The van der Waals surface area contributed by atoms with Gasteiger partial charge in [-0.25, -0.2) is 0 Å². The highest BCUT2D eigenvalue weighted by Crippen LogP contribution is 2.51. The number of ether oxygens (including phenoxy) is 2. The third kappa shape index (κ3) is 2.78. The fourth-order valence-electron chi connectivity index (χ4n) is 2.01. The summed E-state index contributed by atoms with van der Waals surface area (Å²) in [5.41, 5.74) is -0.342. The van der Waals surface area contributed by atoms with Crippen LogP contribution in [0.25, 0.3) is 0 Å². The third-order valence-corrected chi connectivity index (χ3v) is 2.86.